The predicted molar refractivity (Wildman–Crippen MR) is 89.6 cm³/mol. The molecule has 0 saturated carbocycles. The summed E-state index contributed by atoms with van der Waals surface area (Å²) in [4.78, 5) is 13.9. The van der Waals surface area contributed by atoms with E-state index in [9.17, 15) is 13.2 Å². The number of likely N-dealkylation sites (N-methyl/N-ethyl adjacent to an activating group) is 1. The molecule has 1 amide bonds. The largest absolute Gasteiger partial charge is 0.344 e. The molecular formula is C16H25N3O3S. The third-order valence-corrected chi connectivity index (χ3v) is 5.56. The Hall–Kier alpha value is -1.44. The van der Waals surface area contributed by atoms with Gasteiger partial charge < -0.3 is 10.2 Å². The number of nitrogens with one attached hydrogen (secondary N) is 2. The molecule has 1 aromatic rings. The molecule has 1 heterocycles. The molecule has 2 rings (SSSR count). The minimum Gasteiger partial charge on any atom is -0.344 e. The quantitative estimate of drug-likeness (QED) is 0.773. The number of benzene rings is 1. The van der Waals surface area contributed by atoms with Crippen LogP contribution in [-0.4, -0.2) is 51.9 Å². The van der Waals surface area contributed by atoms with E-state index in [4.69, 9.17) is 0 Å². The zero-order chi connectivity index (χ0) is 16.9. The summed E-state index contributed by atoms with van der Waals surface area (Å²) in [5.74, 6) is 0.0407. The number of hydrogen-bond acceptors (Lipinski definition) is 4. The van der Waals surface area contributed by atoms with Gasteiger partial charge in [0.2, 0.25) is 15.9 Å². The first-order valence-corrected chi connectivity index (χ1v) is 9.40. The predicted octanol–water partition coefficient (Wildman–Crippen LogP) is 0.874. The van der Waals surface area contributed by atoms with Crippen LogP contribution >= 0.6 is 0 Å². The van der Waals surface area contributed by atoms with Crippen molar-refractivity contribution in [2.24, 2.45) is 0 Å². The van der Waals surface area contributed by atoms with Gasteiger partial charge in [-0.15, -0.1) is 0 Å². The second-order valence-electron chi connectivity index (χ2n) is 6.02. The van der Waals surface area contributed by atoms with Crippen molar-refractivity contribution in [3.63, 3.8) is 0 Å². The second kappa shape index (κ2) is 7.90. The first-order chi connectivity index (χ1) is 10.9. The van der Waals surface area contributed by atoms with Gasteiger partial charge in [0.25, 0.3) is 0 Å². The van der Waals surface area contributed by atoms with E-state index >= 15 is 0 Å². The Morgan fingerprint density at radius 2 is 2.04 bits per heavy atom. The zero-order valence-electron chi connectivity index (χ0n) is 13.7. The van der Waals surface area contributed by atoms with E-state index in [1.807, 2.05) is 6.92 Å². The van der Waals surface area contributed by atoms with Crippen molar-refractivity contribution in [2.75, 3.05) is 26.7 Å². The molecule has 23 heavy (non-hydrogen) atoms. The molecule has 2 N–H and O–H groups in total. The number of nitrogens with zero attached hydrogens (tertiary/aromatic N) is 1. The lowest BCUT2D eigenvalue weighted by molar-refractivity contribution is -0.130. The van der Waals surface area contributed by atoms with Crippen molar-refractivity contribution in [3.05, 3.63) is 29.8 Å². The molecule has 128 valence electrons. The van der Waals surface area contributed by atoms with E-state index in [1.165, 1.54) is 0 Å². The van der Waals surface area contributed by atoms with Crippen molar-refractivity contribution in [1.82, 2.24) is 14.9 Å². The highest BCUT2D eigenvalue weighted by Gasteiger charge is 2.20. The Morgan fingerprint density at radius 1 is 1.35 bits per heavy atom. The fraction of sp³-hybridized carbons (Fsp3) is 0.562. The molecule has 1 aliphatic rings. The molecule has 0 radical (unpaired) electrons. The summed E-state index contributed by atoms with van der Waals surface area (Å²) in [7, 11) is -1.82. The molecule has 0 aliphatic carbocycles. The van der Waals surface area contributed by atoms with Gasteiger partial charge in [0.1, 0.15) is 0 Å². The molecular weight excluding hydrogens is 314 g/mol. The Labute approximate surface area is 138 Å². The molecule has 7 heteroatoms. The van der Waals surface area contributed by atoms with Crippen LogP contribution in [0.1, 0.15) is 24.8 Å². The van der Waals surface area contributed by atoms with Crippen molar-refractivity contribution >= 4 is 15.9 Å². The van der Waals surface area contributed by atoms with Gasteiger partial charge >= 0.3 is 0 Å². The first kappa shape index (κ1) is 17.9. The fourth-order valence-corrected chi connectivity index (χ4v) is 3.59. The van der Waals surface area contributed by atoms with Crippen molar-refractivity contribution < 1.29 is 13.2 Å². The lowest BCUT2D eigenvalue weighted by atomic mass is 10.1. The van der Waals surface area contributed by atoms with Crippen LogP contribution in [-0.2, 0) is 14.8 Å². The third-order valence-electron chi connectivity index (χ3n) is 4.08. The Balaban J connectivity index is 1.78. The summed E-state index contributed by atoms with van der Waals surface area (Å²) in [5, 5.41) is 3.29. The first-order valence-electron chi connectivity index (χ1n) is 7.92. The van der Waals surface area contributed by atoms with Crippen LogP contribution in [0.4, 0.5) is 0 Å². The van der Waals surface area contributed by atoms with Crippen molar-refractivity contribution in [2.45, 2.75) is 37.1 Å². The number of aryl methyl sites for hydroxylation is 1. The zero-order valence-corrected chi connectivity index (χ0v) is 14.5. The summed E-state index contributed by atoms with van der Waals surface area (Å²) in [5.41, 5.74) is 1.01. The highest BCUT2D eigenvalue weighted by molar-refractivity contribution is 7.89. The monoisotopic (exact) mass is 339 g/mol. The van der Waals surface area contributed by atoms with Crippen molar-refractivity contribution in [1.29, 1.82) is 0 Å². The van der Waals surface area contributed by atoms with E-state index in [0.29, 0.717) is 13.0 Å². The molecule has 1 atom stereocenters. The molecule has 1 aliphatic heterocycles. The van der Waals surface area contributed by atoms with Gasteiger partial charge in [-0.05, 0) is 38.4 Å². The highest BCUT2D eigenvalue weighted by Crippen LogP contribution is 2.11. The fourth-order valence-electron chi connectivity index (χ4n) is 2.57. The average Bonchev–Trinajstić information content (AvgIpc) is 3.00. The van der Waals surface area contributed by atoms with Crippen LogP contribution in [0.3, 0.4) is 0 Å². The Morgan fingerprint density at radius 3 is 2.65 bits per heavy atom. The summed E-state index contributed by atoms with van der Waals surface area (Å²) in [6, 6.07) is 6.95. The Kier molecular flexibility index (Phi) is 6.15. The second-order valence-corrected chi connectivity index (χ2v) is 7.79. The van der Waals surface area contributed by atoms with Crippen LogP contribution in [0.2, 0.25) is 0 Å². The van der Waals surface area contributed by atoms with Gasteiger partial charge in [0, 0.05) is 32.6 Å². The van der Waals surface area contributed by atoms with Crippen LogP contribution < -0.4 is 10.0 Å². The normalized spacial score (nSPS) is 18.1. The summed E-state index contributed by atoms with van der Waals surface area (Å²) in [6.07, 6.45) is 2.61. The molecule has 0 aromatic heterocycles. The highest BCUT2D eigenvalue weighted by atomic mass is 32.2. The lowest BCUT2D eigenvalue weighted by Gasteiger charge is -2.19. The van der Waals surface area contributed by atoms with E-state index in [0.717, 1.165) is 24.9 Å². The van der Waals surface area contributed by atoms with Crippen LogP contribution in [0.15, 0.2) is 29.2 Å². The van der Waals surface area contributed by atoms with E-state index < -0.39 is 10.0 Å². The molecule has 1 fully saturated rings. The average molecular weight is 339 g/mol. The van der Waals surface area contributed by atoms with Crippen LogP contribution in [0.5, 0.6) is 0 Å². The van der Waals surface area contributed by atoms with Gasteiger partial charge in [0.15, 0.2) is 0 Å². The Bertz CT molecular complexity index is 622. The van der Waals surface area contributed by atoms with Gasteiger partial charge in [-0.25, -0.2) is 13.1 Å². The maximum absolute atomic E-state index is 12.1. The number of hydrogen-bond donors (Lipinski definition) is 2. The molecule has 0 spiro atoms. The van der Waals surface area contributed by atoms with Crippen LogP contribution in [0, 0.1) is 6.92 Å². The molecule has 6 nitrogen and oxygen atoms in total. The van der Waals surface area contributed by atoms with Gasteiger partial charge in [-0.3, -0.25) is 4.79 Å². The van der Waals surface area contributed by atoms with E-state index in [2.05, 4.69) is 10.0 Å². The van der Waals surface area contributed by atoms with Gasteiger partial charge in [-0.1, -0.05) is 17.7 Å². The van der Waals surface area contributed by atoms with Crippen molar-refractivity contribution in [3.8, 4) is 0 Å². The molecule has 0 bridgehead atoms. The number of carbonyl (C=O) groups is 1. The summed E-state index contributed by atoms with van der Waals surface area (Å²) < 4.78 is 26.8. The number of amides is 1. The standard InChI is InChI=1S/C16H25N3O3S/c1-13-5-7-15(8-6-13)23(21,22)18-10-11-19(2)16(20)12-14-4-3-9-17-14/h5-8,14,17-18H,3-4,9-12H2,1-2H3. The van der Waals surface area contributed by atoms with Gasteiger partial charge in [-0.2, -0.15) is 0 Å². The smallest absolute Gasteiger partial charge is 0.240 e. The molecule has 1 unspecified atom stereocenters. The summed E-state index contributed by atoms with van der Waals surface area (Å²) >= 11 is 0. The topological polar surface area (TPSA) is 78.5 Å². The SMILES string of the molecule is Cc1ccc(S(=O)(=O)NCCN(C)C(=O)CC2CCCN2)cc1. The number of rotatable bonds is 7. The minimum absolute atomic E-state index is 0.0407. The maximum Gasteiger partial charge on any atom is 0.240 e. The number of carbonyl (C=O) groups excluding carboxylic acids is 1. The minimum atomic E-state index is -3.52. The van der Waals surface area contributed by atoms with Gasteiger partial charge in [0.05, 0.1) is 4.90 Å². The lowest BCUT2D eigenvalue weighted by Crippen LogP contribution is -2.38. The molecule has 1 saturated heterocycles. The third kappa shape index (κ3) is 5.30. The number of sulfonamides is 1. The summed E-state index contributed by atoms with van der Waals surface area (Å²) in [6.45, 7) is 3.44. The maximum atomic E-state index is 12.1. The van der Waals surface area contributed by atoms with E-state index in [-0.39, 0.29) is 23.4 Å². The molecule has 1 aromatic carbocycles. The van der Waals surface area contributed by atoms with E-state index in [1.54, 1.807) is 36.2 Å². The van der Waals surface area contributed by atoms with Crippen LogP contribution in [0.25, 0.3) is 0 Å².